The van der Waals surface area contributed by atoms with E-state index < -0.39 is 11.9 Å². The second kappa shape index (κ2) is 6.49. The minimum atomic E-state index is -4.39. The van der Waals surface area contributed by atoms with Crippen LogP contribution < -0.4 is 0 Å². The number of halogens is 3. The number of rotatable bonds is 4. The Bertz CT molecular complexity index is 830. The van der Waals surface area contributed by atoms with Gasteiger partial charge in [-0.3, -0.25) is 10.00 Å². The van der Waals surface area contributed by atoms with Gasteiger partial charge in [-0.2, -0.15) is 18.3 Å². The van der Waals surface area contributed by atoms with Crippen molar-refractivity contribution in [3.8, 4) is 0 Å². The van der Waals surface area contributed by atoms with Crippen molar-refractivity contribution in [1.82, 2.24) is 24.4 Å². The summed E-state index contributed by atoms with van der Waals surface area (Å²) in [6.07, 6.45) is -4.39. The Morgan fingerprint density at radius 3 is 2.37 bits per heavy atom. The SMILES string of the molecule is Cc1nc(C(F)(F)F)ccc1SN1CC2(CN(Cc3c(C)n[nH]c3C)C2)C1. The fourth-order valence-corrected chi connectivity index (χ4v) is 5.21. The van der Waals surface area contributed by atoms with Crippen molar-refractivity contribution in [1.29, 1.82) is 0 Å². The molecule has 2 saturated heterocycles. The minimum absolute atomic E-state index is 0.325. The van der Waals surface area contributed by atoms with Crippen LogP contribution in [0.3, 0.4) is 0 Å². The first-order valence-electron chi connectivity index (χ1n) is 8.86. The van der Waals surface area contributed by atoms with Crippen molar-refractivity contribution >= 4 is 11.9 Å². The first-order chi connectivity index (χ1) is 12.7. The zero-order valence-electron chi connectivity index (χ0n) is 15.5. The van der Waals surface area contributed by atoms with Gasteiger partial charge in [-0.1, -0.05) is 0 Å². The first-order valence-corrected chi connectivity index (χ1v) is 9.63. The highest BCUT2D eigenvalue weighted by Gasteiger charge is 2.52. The van der Waals surface area contributed by atoms with E-state index in [-0.39, 0.29) is 0 Å². The quantitative estimate of drug-likeness (QED) is 0.800. The average molecular weight is 397 g/mol. The normalized spacial score (nSPS) is 19.9. The maximum Gasteiger partial charge on any atom is 0.433 e. The number of aromatic nitrogens is 3. The predicted octanol–water partition coefficient (Wildman–Crippen LogP) is 3.57. The molecule has 146 valence electrons. The number of likely N-dealkylation sites (tertiary alicyclic amines) is 1. The molecule has 0 unspecified atom stereocenters. The molecular formula is C18H22F3N5S. The summed E-state index contributed by atoms with van der Waals surface area (Å²) in [5.74, 6) is 0. The molecule has 2 aromatic rings. The minimum Gasteiger partial charge on any atom is -0.298 e. The monoisotopic (exact) mass is 397 g/mol. The van der Waals surface area contributed by atoms with Crippen LogP contribution in [0.25, 0.3) is 0 Å². The third-order valence-corrected chi connectivity index (χ3v) is 6.50. The number of hydrogen-bond acceptors (Lipinski definition) is 5. The molecule has 0 saturated carbocycles. The highest BCUT2D eigenvalue weighted by molar-refractivity contribution is 7.97. The third-order valence-electron chi connectivity index (χ3n) is 5.36. The van der Waals surface area contributed by atoms with Crippen LogP contribution >= 0.6 is 11.9 Å². The zero-order chi connectivity index (χ0) is 19.4. The van der Waals surface area contributed by atoms with Gasteiger partial charge in [-0.25, -0.2) is 9.29 Å². The molecule has 0 amide bonds. The molecule has 4 heterocycles. The number of nitrogens with one attached hydrogen (secondary N) is 1. The van der Waals surface area contributed by atoms with E-state index in [0.29, 0.717) is 11.1 Å². The summed E-state index contributed by atoms with van der Waals surface area (Å²) < 4.78 is 40.4. The number of aryl methyl sites for hydroxylation is 3. The number of alkyl halides is 3. The lowest BCUT2D eigenvalue weighted by atomic mass is 9.74. The highest BCUT2D eigenvalue weighted by atomic mass is 32.2. The maximum absolute atomic E-state index is 12.7. The van der Waals surface area contributed by atoms with E-state index in [9.17, 15) is 13.2 Å². The largest absolute Gasteiger partial charge is 0.433 e. The number of pyridine rings is 1. The first kappa shape index (κ1) is 18.8. The second-order valence-corrected chi connectivity index (χ2v) is 8.86. The Kier molecular flexibility index (Phi) is 4.51. The molecule has 9 heteroatoms. The van der Waals surface area contributed by atoms with E-state index in [4.69, 9.17) is 0 Å². The molecule has 2 fully saturated rings. The van der Waals surface area contributed by atoms with Crippen LogP contribution in [0.4, 0.5) is 13.2 Å². The molecule has 2 aliphatic rings. The Morgan fingerprint density at radius 2 is 1.81 bits per heavy atom. The summed E-state index contributed by atoms with van der Waals surface area (Å²) in [5.41, 5.74) is 3.39. The van der Waals surface area contributed by atoms with Crippen molar-refractivity contribution in [2.45, 2.75) is 38.4 Å². The molecule has 27 heavy (non-hydrogen) atoms. The zero-order valence-corrected chi connectivity index (χ0v) is 16.3. The Labute approximate surface area is 160 Å². The summed E-state index contributed by atoms with van der Waals surface area (Å²) in [6, 6.07) is 2.59. The van der Waals surface area contributed by atoms with Gasteiger partial charge in [-0.15, -0.1) is 0 Å². The molecule has 5 nitrogen and oxygen atoms in total. The van der Waals surface area contributed by atoms with Crippen LogP contribution in [0.1, 0.15) is 28.3 Å². The Balaban J connectivity index is 1.29. The van der Waals surface area contributed by atoms with Gasteiger partial charge < -0.3 is 0 Å². The predicted molar refractivity (Wildman–Crippen MR) is 97.2 cm³/mol. The lowest BCUT2D eigenvalue weighted by Gasteiger charge is -2.60. The highest BCUT2D eigenvalue weighted by Crippen LogP contribution is 2.45. The summed E-state index contributed by atoms with van der Waals surface area (Å²) in [7, 11) is 0. The molecule has 0 aliphatic carbocycles. The molecule has 2 aliphatic heterocycles. The molecular weight excluding hydrogens is 375 g/mol. The molecule has 0 atom stereocenters. The van der Waals surface area contributed by atoms with E-state index >= 15 is 0 Å². The van der Waals surface area contributed by atoms with Crippen LogP contribution in [-0.4, -0.2) is 50.6 Å². The third kappa shape index (κ3) is 3.60. The second-order valence-electron chi connectivity index (χ2n) is 7.72. The van der Waals surface area contributed by atoms with Gasteiger partial charge in [-0.05, 0) is 44.9 Å². The van der Waals surface area contributed by atoms with Gasteiger partial charge in [0, 0.05) is 54.3 Å². The summed E-state index contributed by atoms with van der Waals surface area (Å²) in [4.78, 5) is 6.93. The van der Waals surface area contributed by atoms with E-state index in [0.717, 1.165) is 55.1 Å². The molecule has 2 aromatic heterocycles. The van der Waals surface area contributed by atoms with Crippen molar-refractivity contribution in [2.24, 2.45) is 5.41 Å². The molecule has 1 N–H and O–H groups in total. The molecule has 0 bridgehead atoms. The molecule has 4 rings (SSSR count). The van der Waals surface area contributed by atoms with Gasteiger partial charge in [0.25, 0.3) is 0 Å². The topological polar surface area (TPSA) is 48.1 Å². The van der Waals surface area contributed by atoms with E-state index in [2.05, 4.69) is 24.4 Å². The summed E-state index contributed by atoms with van der Waals surface area (Å²) >= 11 is 1.51. The lowest BCUT2D eigenvalue weighted by Crippen LogP contribution is -2.70. The fourth-order valence-electron chi connectivity index (χ4n) is 3.95. The Hall–Kier alpha value is -1.58. The van der Waals surface area contributed by atoms with Crippen molar-refractivity contribution in [3.05, 3.63) is 40.5 Å². The number of H-pyrrole nitrogens is 1. The average Bonchev–Trinajstić information content (AvgIpc) is 2.82. The van der Waals surface area contributed by atoms with Crippen LogP contribution in [-0.2, 0) is 12.7 Å². The Morgan fingerprint density at radius 1 is 1.11 bits per heavy atom. The maximum atomic E-state index is 12.7. The number of hydrogen-bond donors (Lipinski definition) is 1. The number of aromatic amines is 1. The van der Waals surface area contributed by atoms with E-state index in [1.165, 1.54) is 23.6 Å². The smallest absolute Gasteiger partial charge is 0.298 e. The molecule has 0 aromatic carbocycles. The van der Waals surface area contributed by atoms with Gasteiger partial charge in [0.1, 0.15) is 5.69 Å². The van der Waals surface area contributed by atoms with Gasteiger partial charge in [0.05, 0.1) is 11.4 Å². The van der Waals surface area contributed by atoms with E-state index in [1.807, 2.05) is 13.8 Å². The van der Waals surface area contributed by atoms with Crippen molar-refractivity contribution in [3.63, 3.8) is 0 Å². The number of nitrogens with zero attached hydrogens (tertiary/aromatic N) is 4. The fraction of sp³-hybridized carbons (Fsp3) is 0.556. The standard InChI is InChI=1S/C18H22F3N5S/c1-11-14(12(2)24-23-11)6-25-7-17(8-25)9-26(10-17)27-15-4-5-16(18(19,20)21)22-13(15)3/h4-5H,6-10H2,1-3H3,(H,23,24). The molecule has 1 spiro atoms. The van der Waals surface area contributed by atoms with Crippen molar-refractivity contribution < 1.29 is 13.2 Å². The lowest BCUT2D eigenvalue weighted by molar-refractivity contribution is -0.141. The van der Waals surface area contributed by atoms with Crippen LogP contribution in [0, 0.1) is 26.2 Å². The van der Waals surface area contributed by atoms with Gasteiger partial charge in [0.2, 0.25) is 0 Å². The van der Waals surface area contributed by atoms with E-state index in [1.54, 1.807) is 6.92 Å². The van der Waals surface area contributed by atoms with Gasteiger partial charge in [0.15, 0.2) is 0 Å². The summed E-state index contributed by atoms with van der Waals surface area (Å²) in [6.45, 7) is 10.6. The molecule has 0 radical (unpaired) electrons. The van der Waals surface area contributed by atoms with Crippen LogP contribution in [0.15, 0.2) is 17.0 Å². The van der Waals surface area contributed by atoms with Crippen LogP contribution in [0.5, 0.6) is 0 Å². The van der Waals surface area contributed by atoms with Gasteiger partial charge >= 0.3 is 6.18 Å². The summed E-state index contributed by atoms with van der Waals surface area (Å²) in [5, 5.41) is 7.27. The van der Waals surface area contributed by atoms with Crippen LogP contribution in [0.2, 0.25) is 0 Å². The van der Waals surface area contributed by atoms with Crippen molar-refractivity contribution in [2.75, 3.05) is 26.2 Å².